The van der Waals surface area contributed by atoms with Gasteiger partial charge in [0.1, 0.15) is 0 Å². The van der Waals surface area contributed by atoms with Crippen LogP contribution in [0, 0.1) is 6.07 Å². The first-order valence-corrected chi connectivity index (χ1v) is 3.54. The lowest BCUT2D eigenvalue weighted by Gasteiger charge is -1.91. The molecule has 0 bridgehead atoms. The highest BCUT2D eigenvalue weighted by atomic mass is 32.2. The normalized spacial score (nSPS) is 9.20. The first kappa shape index (κ1) is 7.15. The summed E-state index contributed by atoms with van der Waals surface area (Å²) < 4.78 is 0. The SMILES string of the molecule is NC(=O)Sc1[c]cccc1. The third-order valence-corrected chi connectivity index (χ3v) is 1.57. The van der Waals surface area contributed by atoms with E-state index in [9.17, 15) is 4.79 Å². The first-order valence-electron chi connectivity index (χ1n) is 2.73. The Bertz CT molecular complexity index is 222. The zero-order chi connectivity index (χ0) is 7.40. The molecule has 0 aliphatic heterocycles. The van der Waals surface area contributed by atoms with E-state index in [1.165, 1.54) is 0 Å². The number of amides is 1. The highest BCUT2D eigenvalue weighted by Crippen LogP contribution is 2.14. The summed E-state index contributed by atoms with van der Waals surface area (Å²) in [7, 11) is 0. The van der Waals surface area contributed by atoms with Crippen molar-refractivity contribution >= 4 is 17.0 Å². The van der Waals surface area contributed by atoms with Gasteiger partial charge in [-0.1, -0.05) is 18.2 Å². The fourth-order valence-electron chi connectivity index (χ4n) is 0.549. The topological polar surface area (TPSA) is 43.1 Å². The smallest absolute Gasteiger partial charge is 0.281 e. The van der Waals surface area contributed by atoms with Gasteiger partial charge in [0, 0.05) is 4.90 Å². The van der Waals surface area contributed by atoms with E-state index in [0.29, 0.717) is 0 Å². The molecule has 2 N–H and O–H groups in total. The van der Waals surface area contributed by atoms with Crippen LogP contribution in [0.25, 0.3) is 0 Å². The number of primary amides is 1. The minimum atomic E-state index is -0.401. The lowest BCUT2D eigenvalue weighted by molar-refractivity contribution is 0.267. The number of thioether (sulfide) groups is 1. The Morgan fingerprint density at radius 2 is 2.40 bits per heavy atom. The van der Waals surface area contributed by atoms with Gasteiger partial charge >= 0.3 is 0 Å². The van der Waals surface area contributed by atoms with E-state index in [1.807, 2.05) is 12.1 Å². The van der Waals surface area contributed by atoms with Crippen molar-refractivity contribution in [2.75, 3.05) is 0 Å². The Balaban J connectivity index is 2.67. The van der Waals surface area contributed by atoms with Gasteiger partial charge in [0.05, 0.1) is 0 Å². The molecule has 2 nitrogen and oxygen atoms in total. The van der Waals surface area contributed by atoms with E-state index in [1.54, 1.807) is 12.1 Å². The van der Waals surface area contributed by atoms with Crippen molar-refractivity contribution in [1.82, 2.24) is 0 Å². The molecule has 0 atom stereocenters. The molecule has 0 aliphatic carbocycles. The van der Waals surface area contributed by atoms with E-state index in [0.717, 1.165) is 16.7 Å². The second-order valence-corrected chi connectivity index (χ2v) is 2.69. The van der Waals surface area contributed by atoms with E-state index >= 15 is 0 Å². The molecule has 0 spiro atoms. The van der Waals surface area contributed by atoms with E-state index < -0.39 is 5.24 Å². The zero-order valence-corrected chi connectivity index (χ0v) is 6.02. The summed E-state index contributed by atoms with van der Waals surface area (Å²) >= 11 is 0.982. The highest BCUT2D eigenvalue weighted by Gasteiger charge is 1.95. The third-order valence-electron chi connectivity index (χ3n) is 0.891. The number of nitrogens with two attached hydrogens (primary N) is 1. The number of carbonyl (C=O) groups excluding carboxylic acids is 1. The number of carbonyl (C=O) groups is 1. The van der Waals surface area contributed by atoms with Crippen LogP contribution in [0.1, 0.15) is 0 Å². The Kier molecular flexibility index (Phi) is 2.34. The van der Waals surface area contributed by atoms with Crippen molar-refractivity contribution in [2.45, 2.75) is 4.90 Å². The van der Waals surface area contributed by atoms with Crippen LogP contribution in [0.2, 0.25) is 0 Å². The van der Waals surface area contributed by atoms with Crippen LogP contribution in [0.5, 0.6) is 0 Å². The minimum Gasteiger partial charge on any atom is -0.360 e. The molecule has 1 radical (unpaired) electrons. The molecule has 1 amide bonds. The summed E-state index contributed by atoms with van der Waals surface area (Å²) in [5.74, 6) is 0. The molecule has 1 rings (SSSR count). The fraction of sp³-hybridized carbons (Fsp3) is 0. The average Bonchev–Trinajstić information content (AvgIpc) is 1.88. The Hall–Kier alpha value is -0.960. The number of benzene rings is 1. The van der Waals surface area contributed by atoms with Gasteiger partial charge in [-0.2, -0.15) is 0 Å². The maximum Gasteiger partial charge on any atom is 0.281 e. The maximum atomic E-state index is 10.3. The van der Waals surface area contributed by atoms with Gasteiger partial charge in [0.25, 0.3) is 5.24 Å². The van der Waals surface area contributed by atoms with Crippen LogP contribution < -0.4 is 5.73 Å². The second-order valence-electron chi connectivity index (χ2n) is 1.65. The van der Waals surface area contributed by atoms with Crippen molar-refractivity contribution < 1.29 is 4.79 Å². The third kappa shape index (κ3) is 2.11. The van der Waals surface area contributed by atoms with Crippen molar-refractivity contribution in [3.05, 3.63) is 30.3 Å². The molecule has 51 valence electrons. The number of rotatable bonds is 1. The lowest BCUT2D eigenvalue weighted by atomic mass is 10.4. The van der Waals surface area contributed by atoms with Crippen molar-refractivity contribution in [1.29, 1.82) is 0 Å². The molecule has 1 aromatic rings. The van der Waals surface area contributed by atoms with Crippen molar-refractivity contribution in [2.24, 2.45) is 5.73 Å². The molecule has 0 unspecified atom stereocenters. The molecule has 10 heavy (non-hydrogen) atoms. The van der Waals surface area contributed by atoms with Crippen LogP contribution in [-0.4, -0.2) is 5.24 Å². The monoisotopic (exact) mass is 152 g/mol. The molecular weight excluding hydrogens is 146 g/mol. The summed E-state index contributed by atoms with van der Waals surface area (Å²) in [6, 6.07) is 10.1. The number of hydrogen-bond donors (Lipinski definition) is 1. The van der Waals surface area contributed by atoms with Crippen LogP contribution >= 0.6 is 11.8 Å². The van der Waals surface area contributed by atoms with Gasteiger partial charge < -0.3 is 5.73 Å². The van der Waals surface area contributed by atoms with Crippen LogP contribution in [0.4, 0.5) is 4.79 Å². The minimum absolute atomic E-state index is 0.401. The van der Waals surface area contributed by atoms with E-state index in [2.05, 4.69) is 6.07 Å². The maximum absolute atomic E-state index is 10.3. The standard InChI is InChI=1S/C7H6NOS/c8-7(9)10-6-4-2-1-3-5-6/h1-4H,(H2,8,9). The molecule has 0 saturated heterocycles. The molecule has 0 fully saturated rings. The predicted octanol–water partition coefficient (Wildman–Crippen LogP) is 1.66. The van der Waals surface area contributed by atoms with E-state index in [-0.39, 0.29) is 0 Å². The predicted molar refractivity (Wildman–Crippen MR) is 40.7 cm³/mol. The van der Waals surface area contributed by atoms with Gasteiger partial charge in [-0.15, -0.1) is 0 Å². The summed E-state index contributed by atoms with van der Waals surface area (Å²) in [4.78, 5) is 11.1. The van der Waals surface area contributed by atoms with Crippen molar-refractivity contribution in [3.63, 3.8) is 0 Å². The molecule has 0 saturated carbocycles. The van der Waals surface area contributed by atoms with Crippen LogP contribution in [0.3, 0.4) is 0 Å². The lowest BCUT2D eigenvalue weighted by Crippen LogP contribution is -2.01. The van der Waals surface area contributed by atoms with Gasteiger partial charge in [-0.25, -0.2) is 0 Å². The second kappa shape index (κ2) is 3.27. The summed E-state index contributed by atoms with van der Waals surface area (Å²) in [5, 5.41) is -0.401. The highest BCUT2D eigenvalue weighted by molar-refractivity contribution is 8.13. The number of hydrogen-bond acceptors (Lipinski definition) is 2. The molecule has 3 heteroatoms. The summed E-state index contributed by atoms with van der Waals surface area (Å²) in [6.45, 7) is 0. The van der Waals surface area contributed by atoms with Gasteiger partial charge in [0.15, 0.2) is 0 Å². The fourth-order valence-corrected chi connectivity index (χ4v) is 1.04. The first-order chi connectivity index (χ1) is 4.79. The molecular formula is C7H6NOS. The Morgan fingerprint density at radius 1 is 1.60 bits per heavy atom. The van der Waals surface area contributed by atoms with Gasteiger partial charge in [0.2, 0.25) is 0 Å². The summed E-state index contributed by atoms with van der Waals surface area (Å²) in [6.07, 6.45) is 0. The quantitative estimate of drug-likeness (QED) is 0.622. The molecule has 0 heterocycles. The molecule has 1 aromatic carbocycles. The van der Waals surface area contributed by atoms with Crippen molar-refractivity contribution in [3.8, 4) is 0 Å². The Morgan fingerprint density at radius 3 is 2.90 bits per heavy atom. The average molecular weight is 152 g/mol. The van der Waals surface area contributed by atoms with Gasteiger partial charge in [-0.3, -0.25) is 4.79 Å². The van der Waals surface area contributed by atoms with E-state index in [4.69, 9.17) is 5.73 Å². The largest absolute Gasteiger partial charge is 0.360 e. The van der Waals surface area contributed by atoms with Crippen LogP contribution in [-0.2, 0) is 0 Å². The van der Waals surface area contributed by atoms with Crippen LogP contribution in [0.15, 0.2) is 29.2 Å². The molecule has 0 aliphatic rings. The Labute approximate surface area is 63.4 Å². The molecule has 0 aromatic heterocycles. The van der Waals surface area contributed by atoms with Gasteiger partial charge in [-0.05, 0) is 23.9 Å². The zero-order valence-electron chi connectivity index (χ0n) is 5.20. The summed E-state index contributed by atoms with van der Waals surface area (Å²) in [5.41, 5.74) is 4.93.